The third-order valence-corrected chi connectivity index (χ3v) is 5.77. The van der Waals surface area contributed by atoms with E-state index >= 15 is 0 Å². The number of carbonyl (C=O) groups is 1. The molecule has 8 nitrogen and oxygen atoms in total. The summed E-state index contributed by atoms with van der Waals surface area (Å²) in [5.41, 5.74) is 1.81. The summed E-state index contributed by atoms with van der Waals surface area (Å²) in [6.07, 6.45) is 5.33. The molecule has 8 heteroatoms. The van der Waals surface area contributed by atoms with Gasteiger partial charge in [0.1, 0.15) is 0 Å². The summed E-state index contributed by atoms with van der Waals surface area (Å²) in [4.78, 5) is 16.3. The zero-order chi connectivity index (χ0) is 22.0. The van der Waals surface area contributed by atoms with Gasteiger partial charge < -0.3 is 15.5 Å². The Morgan fingerprint density at radius 2 is 1.59 bits per heavy atom. The second-order valence-corrected chi connectivity index (χ2v) is 8.22. The number of nitrogens with one attached hydrogen (secondary N) is 2. The fraction of sp³-hybridized carbons (Fsp3) is 0.417. The van der Waals surface area contributed by atoms with Crippen LogP contribution < -0.4 is 10.6 Å². The number of aromatic nitrogens is 4. The van der Waals surface area contributed by atoms with Crippen molar-refractivity contribution < 1.29 is 4.79 Å². The number of hydrogen-bond donors (Lipinski definition) is 2. The molecule has 0 spiro atoms. The average molecular weight is 434 g/mol. The fourth-order valence-electron chi connectivity index (χ4n) is 3.98. The first-order chi connectivity index (χ1) is 15.8. The van der Waals surface area contributed by atoms with Gasteiger partial charge in [-0.2, -0.15) is 4.80 Å². The number of nitrogens with zero attached hydrogens (tertiary/aromatic N) is 5. The number of carbonyl (C=O) groups excluding carboxylic acids is 1. The average Bonchev–Trinajstić information content (AvgIpc) is 3.30. The Balaban J connectivity index is 1.07. The lowest BCUT2D eigenvalue weighted by Gasteiger charge is -2.32. The molecule has 0 unspecified atom stereocenters. The number of benzene rings is 2. The lowest BCUT2D eigenvalue weighted by molar-refractivity contribution is 0.192. The third kappa shape index (κ3) is 6.62. The molecule has 1 saturated heterocycles. The number of hydrogen-bond acceptors (Lipinski definition) is 5. The van der Waals surface area contributed by atoms with Gasteiger partial charge in [0.15, 0.2) is 0 Å². The molecule has 2 heterocycles. The molecule has 32 heavy (non-hydrogen) atoms. The molecule has 0 aliphatic carbocycles. The quantitative estimate of drug-likeness (QED) is 0.501. The Labute approximate surface area is 189 Å². The number of amides is 2. The van der Waals surface area contributed by atoms with Crippen LogP contribution in [0.15, 0.2) is 60.7 Å². The van der Waals surface area contributed by atoms with E-state index < -0.39 is 0 Å². The highest BCUT2D eigenvalue weighted by atomic mass is 16.2. The smallest absolute Gasteiger partial charge is 0.319 e. The number of rotatable bonds is 9. The molecule has 2 amide bonds. The summed E-state index contributed by atoms with van der Waals surface area (Å²) >= 11 is 0. The van der Waals surface area contributed by atoms with E-state index in [1.165, 1.54) is 0 Å². The van der Waals surface area contributed by atoms with E-state index in [4.69, 9.17) is 0 Å². The van der Waals surface area contributed by atoms with Crippen molar-refractivity contribution in [2.75, 3.05) is 25.0 Å². The first-order valence-corrected chi connectivity index (χ1v) is 11.4. The van der Waals surface area contributed by atoms with Gasteiger partial charge in [0.25, 0.3) is 0 Å². The van der Waals surface area contributed by atoms with Crippen molar-refractivity contribution in [3.8, 4) is 11.4 Å². The Bertz CT molecular complexity index is 953. The molecule has 0 bridgehead atoms. The van der Waals surface area contributed by atoms with E-state index in [0.29, 0.717) is 5.82 Å². The van der Waals surface area contributed by atoms with Crippen LogP contribution in [0.3, 0.4) is 0 Å². The highest BCUT2D eigenvalue weighted by molar-refractivity contribution is 5.89. The van der Waals surface area contributed by atoms with Crippen molar-refractivity contribution >= 4 is 11.7 Å². The number of likely N-dealkylation sites (tertiary alicyclic amines) is 1. The maximum Gasteiger partial charge on any atom is 0.319 e. The van der Waals surface area contributed by atoms with Crippen LogP contribution >= 0.6 is 0 Å². The second kappa shape index (κ2) is 11.4. The van der Waals surface area contributed by atoms with Gasteiger partial charge in [-0.3, -0.25) is 0 Å². The molecular formula is C24H31N7O. The van der Waals surface area contributed by atoms with Crippen LogP contribution in [-0.2, 0) is 6.54 Å². The van der Waals surface area contributed by atoms with Crippen molar-refractivity contribution in [1.29, 1.82) is 0 Å². The lowest BCUT2D eigenvalue weighted by Crippen LogP contribution is -2.46. The monoisotopic (exact) mass is 433 g/mol. The number of anilines is 1. The maximum absolute atomic E-state index is 12.2. The molecule has 2 N–H and O–H groups in total. The minimum atomic E-state index is -0.119. The first kappa shape index (κ1) is 22.0. The second-order valence-electron chi connectivity index (χ2n) is 8.22. The zero-order valence-corrected chi connectivity index (χ0v) is 18.4. The predicted molar refractivity (Wildman–Crippen MR) is 125 cm³/mol. The van der Waals surface area contributed by atoms with Crippen molar-refractivity contribution in [2.45, 2.75) is 44.7 Å². The molecule has 3 aromatic rings. The largest absolute Gasteiger partial charge is 0.335 e. The fourth-order valence-corrected chi connectivity index (χ4v) is 3.98. The molecule has 0 atom stereocenters. The Morgan fingerprint density at radius 1 is 0.906 bits per heavy atom. The highest BCUT2D eigenvalue weighted by Crippen LogP contribution is 2.14. The summed E-state index contributed by atoms with van der Waals surface area (Å²) in [5, 5.41) is 18.8. The summed E-state index contributed by atoms with van der Waals surface area (Å²) in [5.74, 6) is 0.680. The zero-order valence-electron chi connectivity index (χ0n) is 18.4. The van der Waals surface area contributed by atoms with Gasteiger partial charge in [0.2, 0.25) is 5.82 Å². The normalized spacial score (nSPS) is 14.9. The van der Waals surface area contributed by atoms with Crippen molar-refractivity contribution in [1.82, 2.24) is 30.4 Å². The summed E-state index contributed by atoms with van der Waals surface area (Å²) in [7, 11) is 0. The van der Waals surface area contributed by atoms with Gasteiger partial charge >= 0.3 is 6.03 Å². The van der Waals surface area contributed by atoms with Gasteiger partial charge in [-0.15, -0.1) is 10.2 Å². The van der Waals surface area contributed by atoms with Crippen molar-refractivity contribution in [3.63, 3.8) is 0 Å². The van der Waals surface area contributed by atoms with Crippen LogP contribution in [0, 0.1) is 0 Å². The summed E-state index contributed by atoms with van der Waals surface area (Å²) in [6, 6.07) is 19.6. The first-order valence-electron chi connectivity index (χ1n) is 11.4. The SMILES string of the molecule is O=C(Nc1ccccc1)NC1CCN(CCCCCn2nnc(-c3ccccc3)n2)CC1. The van der Waals surface area contributed by atoms with E-state index in [2.05, 4.69) is 30.9 Å². The minimum absolute atomic E-state index is 0.119. The number of aryl methyl sites for hydroxylation is 1. The van der Waals surface area contributed by atoms with Crippen LogP contribution in [0.1, 0.15) is 32.1 Å². The van der Waals surface area contributed by atoms with Gasteiger partial charge in [-0.05, 0) is 49.6 Å². The van der Waals surface area contributed by atoms with Gasteiger partial charge in [-0.25, -0.2) is 4.79 Å². The van der Waals surface area contributed by atoms with Gasteiger partial charge in [0.05, 0.1) is 6.54 Å². The third-order valence-electron chi connectivity index (χ3n) is 5.77. The highest BCUT2D eigenvalue weighted by Gasteiger charge is 2.20. The van der Waals surface area contributed by atoms with Crippen molar-refractivity contribution in [2.24, 2.45) is 0 Å². The van der Waals surface area contributed by atoms with E-state index in [0.717, 1.165) is 69.5 Å². The van der Waals surface area contributed by atoms with E-state index in [-0.39, 0.29) is 12.1 Å². The molecule has 0 saturated carbocycles. The number of tetrazole rings is 1. The molecule has 2 aromatic carbocycles. The van der Waals surface area contributed by atoms with Crippen LogP contribution in [0.4, 0.5) is 10.5 Å². The minimum Gasteiger partial charge on any atom is -0.335 e. The molecule has 1 aliphatic heterocycles. The van der Waals surface area contributed by atoms with Gasteiger partial charge in [0, 0.05) is 30.4 Å². The van der Waals surface area contributed by atoms with Gasteiger partial charge in [-0.1, -0.05) is 55.0 Å². The Hall–Kier alpha value is -3.26. The Kier molecular flexibility index (Phi) is 7.81. The molecule has 168 valence electrons. The maximum atomic E-state index is 12.2. The molecule has 1 aromatic heterocycles. The number of para-hydroxylation sites is 1. The van der Waals surface area contributed by atoms with Crippen LogP contribution in [-0.4, -0.2) is 56.8 Å². The van der Waals surface area contributed by atoms with Crippen molar-refractivity contribution in [3.05, 3.63) is 60.7 Å². The Morgan fingerprint density at radius 3 is 2.34 bits per heavy atom. The van der Waals surface area contributed by atoms with E-state index in [9.17, 15) is 4.79 Å². The predicted octanol–water partition coefficient (Wildman–Crippen LogP) is 3.80. The van der Waals surface area contributed by atoms with Crippen LogP contribution in [0.5, 0.6) is 0 Å². The molecule has 4 rings (SSSR count). The van der Waals surface area contributed by atoms with Crippen LogP contribution in [0.25, 0.3) is 11.4 Å². The number of urea groups is 1. The number of piperidine rings is 1. The van der Waals surface area contributed by atoms with E-state index in [1.54, 1.807) is 4.80 Å². The van der Waals surface area contributed by atoms with E-state index in [1.807, 2.05) is 60.7 Å². The van der Waals surface area contributed by atoms with Crippen LogP contribution in [0.2, 0.25) is 0 Å². The summed E-state index contributed by atoms with van der Waals surface area (Å²) in [6.45, 7) is 3.95. The molecule has 1 aliphatic rings. The number of unbranched alkanes of at least 4 members (excludes halogenated alkanes) is 2. The molecular weight excluding hydrogens is 402 g/mol. The topological polar surface area (TPSA) is 88.0 Å². The molecule has 0 radical (unpaired) electrons. The standard InChI is InChI=1S/C24H31N7O/c32-24(25-21-12-6-2-7-13-21)26-22-14-18-30(19-15-22)16-8-3-9-17-31-28-23(27-29-31)20-10-4-1-5-11-20/h1-2,4-7,10-13,22H,3,8-9,14-19H2,(H2,25,26,32). The summed E-state index contributed by atoms with van der Waals surface area (Å²) < 4.78 is 0. The lowest BCUT2D eigenvalue weighted by atomic mass is 10.0. The molecule has 1 fully saturated rings.